The van der Waals surface area contributed by atoms with Crippen LogP contribution in [0.3, 0.4) is 0 Å². The molecule has 1 aliphatic rings. The molecule has 0 radical (unpaired) electrons. The second-order valence-corrected chi connectivity index (χ2v) is 16.8. The Kier molecular flexibility index (Phi) is 16.8. The van der Waals surface area contributed by atoms with Crippen LogP contribution in [-0.4, -0.2) is 119 Å². The molecule has 0 fully saturated rings. The Morgan fingerprint density at radius 3 is 2.09 bits per heavy atom. The standard InChI is InChI=1S/C46H59N13O7/c1-25-37(26(2)55-39(54-25)30-23-52-45(53-24-30)46(4,5)6)42(62)57-33(12-13-47)44(64)59(7)38-29-9-11-36(66-19-16-50)32(22-29)31-20-28(8-10-35(31)65-18-15-49)21-34(41(61)51-17-14-48)58-40(60)27(3)56-43(38)63/h8-11,20,22-24,27,33-34,38H,12-13,15-19,21,47,49-50H2,1-7H3,(H,51,61)(H,56,63)(H,57,62)(H,58,60). The lowest BCUT2D eigenvalue weighted by atomic mass is 9.93. The van der Waals surface area contributed by atoms with Crippen molar-refractivity contribution in [3.05, 3.63) is 82.7 Å². The summed E-state index contributed by atoms with van der Waals surface area (Å²) in [5.74, 6) is -1.69. The molecule has 2 aromatic heterocycles. The fourth-order valence-electron chi connectivity index (χ4n) is 7.36. The number of hydrogen-bond acceptors (Lipinski definition) is 15. The molecule has 1 aliphatic heterocycles. The van der Waals surface area contributed by atoms with E-state index in [2.05, 4.69) is 41.2 Å². The molecule has 0 saturated carbocycles. The first-order valence-corrected chi connectivity index (χ1v) is 21.6. The van der Waals surface area contributed by atoms with Gasteiger partial charge in [0.1, 0.15) is 61.2 Å². The molecule has 0 spiro atoms. The fraction of sp³-hybridized carbons (Fsp3) is 0.435. The third-order valence-corrected chi connectivity index (χ3v) is 10.7. The molecular weight excluding hydrogens is 847 g/mol. The molecule has 0 aliphatic carbocycles. The van der Waals surface area contributed by atoms with E-state index in [0.29, 0.717) is 62.4 Å². The predicted octanol–water partition coefficient (Wildman–Crippen LogP) is 1.02. The van der Waals surface area contributed by atoms with Gasteiger partial charge in [0.25, 0.3) is 5.91 Å². The van der Waals surface area contributed by atoms with Gasteiger partial charge in [-0.25, -0.2) is 19.9 Å². The number of rotatable bonds is 15. The van der Waals surface area contributed by atoms with E-state index in [0.717, 1.165) is 0 Å². The highest BCUT2D eigenvalue weighted by Gasteiger charge is 2.36. The molecule has 350 valence electrons. The minimum atomic E-state index is -1.42. The van der Waals surface area contributed by atoms with Gasteiger partial charge < -0.3 is 52.8 Å². The lowest BCUT2D eigenvalue weighted by Crippen LogP contribution is -2.56. The zero-order valence-corrected chi connectivity index (χ0v) is 38.4. The number of nitrogens with zero attached hydrogens (tertiary/aromatic N) is 6. The van der Waals surface area contributed by atoms with Gasteiger partial charge in [-0.2, -0.15) is 5.26 Å². The van der Waals surface area contributed by atoms with Crippen LogP contribution in [0.5, 0.6) is 11.5 Å². The summed E-state index contributed by atoms with van der Waals surface area (Å²) in [5, 5.41) is 19.9. The average molecular weight is 906 g/mol. The molecule has 0 saturated heterocycles. The minimum Gasteiger partial charge on any atom is -0.492 e. The Hall–Kier alpha value is -7.08. The molecule has 66 heavy (non-hydrogen) atoms. The highest BCUT2D eigenvalue weighted by Crippen LogP contribution is 2.40. The van der Waals surface area contributed by atoms with Crippen molar-refractivity contribution in [3.63, 3.8) is 0 Å². The molecular formula is C46H59N13O7. The van der Waals surface area contributed by atoms with E-state index in [1.54, 1.807) is 62.6 Å². The SMILES string of the molecule is Cc1nc(-c2cnc(C(C)(C)C)nc2)nc(C)c1C(=O)NC(CCN)C(=O)N(C)C1C(=O)NC(C)C(=O)NC(C(=O)NCC#N)Cc2ccc(OCCN)c(c2)-c2cc1ccc2OCCN. The van der Waals surface area contributed by atoms with Crippen LogP contribution in [0.1, 0.15) is 78.9 Å². The van der Waals surface area contributed by atoms with Gasteiger partial charge >= 0.3 is 0 Å². The van der Waals surface area contributed by atoms with Crippen LogP contribution in [0.2, 0.25) is 0 Å². The van der Waals surface area contributed by atoms with Crippen molar-refractivity contribution >= 4 is 29.5 Å². The molecule has 4 aromatic rings. The van der Waals surface area contributed by atoms with Gasteiger partial charge in [-0.1, -0.05) is 32.9 Å². The number of amides is 5. The number of nitrogens with one attached hydrogen (secondary N) is 4. The second-order valence-electron chi connectivity index (χ2n) is 16.8. The highest BCUT2D eigenvalue weighted by atomic mass is 16.5. The number of nitrogens with two attached hydrogens (primary N) is 3. The van der Waals surface area contributed by atoms with Crippen LogP contribution in [0.15, 0.2) is 48.8 Å². The second kappa shape index (κ2) is 22.2. The number of carbonyl (C=O) groups excluding carboxylic acids is 5. The Balaban J connectivity index is 1.57. The molecule has 3 heterocycles. The van der Waals surface area contributed by atoms with E-state index < -0.39 is 53.7 Å². The number of aryl methyl sites for hydroxylation is 2. The quantitative estimate of drug-likeness (QED) is 0.0820. The largest absolute Gasteiger partial charge is 0.492 e. The maximum atomic E-state index is 14.7. The number of fused-ring (bicyclic) bond motifs is 5. The first-order valence-electron chi connectivity index (χ1n) is 21.6. The molecule has 2 aromatic carbocycles. The molecule has 10 N–H and O–H groups in total. The number of nitriles is 1. The van der Waals surface area contributed by atoms with Gasteiger partial charge in [-0.15, -0.1) is 0 Å². The van der Waals surface area contributed by atoms with Crippen molar-refractivity contribution in [2.75, 3.05) is 46.4 Å². The summed E-state index contributed by atoms with van der Waals surface area (Å²) in [4.78, 5) is 89.7. The number of ether oxygens (including phenoxy) is 2. The topological polar surface area (TPSA) is 309 Å². The summed E-state index contributed by atoms with van der Waals surface area (Å²) >= 11 is 0. The van der Waals surface area contributed by atoms with Crippen molar-refractivity contribution < 1.29 is 33.4 Å². The van der Waals surface area contributed by atoms with Crippen molar-refractivity contribution in [3.8, 4) is 40.1 Å². The van der Waals surface area contributed by atoms with E-state index in [4.69, 9.17) is 31.9 Å². The fourth-order valence-corrected chi connectivity index (χ4v) is 7.36. The smallest absolute Gasteiger partial charge is 0.255 e. The first kappa shape index (κ1) is 49.9. The first-order chi connectivity index (χ1) is 31.4. The maximum absolute atomic E-state index is 14.7. The lowest BCUT2D eigenvalue weighted by Gasteiger charge is -2.32. The Bertz CT molecular complexity index is 2450. The summed E-state index contributed by atoms with van der Waals surface area (Å²) in [6.07, 6.45) is 3.24. The van der Waals surface area contributed by atoms with Gasteiger partial charge in [0.05, 0.1) is 28.6 Å². The third-order valence-electron chi connectivity index (χ3n) is 10.7. The van der Waals surface area contributed by atoms with Gasteiger partial charge in [0, 0.05) is 55.5 Å². The summed E-state index contributed by atoms with van der Waals surface area (Å²) in [6, 6.07) is 6.94. The summed E-state index contributed by atoms with van der Waals surface area (Å²) in [5.41, 5.74) is 20.6. The molecule has 5 rings (SSSR count). The summed E-state index contributed by atoms with van der Waals surface area (Å²) < 4.78 is 12.2. The van der Waals surface area contributed by atoms with Crippen LogP contribution >= 0.6 is 0 Å². The van der Waals surface area contributed by atoms with E-state index in [1.165, 1.54) is 18.9 Å². The van der Waals surface area contributed by atoms with E-state index in [9.17, 15) is 24.0 Å². The molecule has 4 unspecified atom stereocenters. The number of carbonyl (C=O) groups is 5. The maximum Gasteiger partial charge on any atom is 0.255 e. The van der Waals surface area contributed by atoms with Crippen LogP contribution in [0, 0.1) is 25.2 Å². The molecule has 4 bridgehead atoms. The molecule has 20 heteroatoms. The Labute approximate surface area is 383 Å². The van der Waals surface area contributed by atoms with Crippen molar-refractivity contribution in [2.45, 2.75) is 84.0 Å². The van der Waals surface area contributed by atoms with Crippen molar-refractivity contribution in [1.29, 1.82) is 5.26 Å². The third kappa shape index (κ3) is 12.0. The highest BCUT2D eigenvalue weighted by molar-refractivity contribution is 6.00. The van der Waals surface area contributed by atoms with Crippen LogP contribution < -0.4 is 47.9 Å². The number of likely N-dealkylation sites (N-methyl/N-ethyl adjacent to an activating group) is 1. The molecule has 20 nitrogen and oxygen atoms in total. The Morgan fingerprint density at radius 2 is 1.52 bits per heavy atom. The van der Waals surface area contributed by atoms with E-state index in [1.807, 2.05) is 26.8 Å². The number of aromatic nitrogens is 4. The van der Waals surface area contributed by atoms with Crippen LogP contribution in [0.4, 0.5) is 0 Å². The van der Waals surface area contributed by atoms with Crippen molar-refractivity contribution in [2.24, 2.45) is 17.2 Å². The predicted molar refractivity (Wildman–Crippen MR) is 245 cm³/mol. The summed E-state index contributed by atoms with van der Waals surface area (Å²) in [7, 11) is 1.40. The van der Waals surface area contributed by atoms with Crippen LogP contribution in [0.25, 0.3) is 22.5 Å². The molecule has 4 atom stereocenters. The minimum absolute atomic E-state index is 0.00361. The lowest BCUT2D eigenvalue weighted by molar-refractivity contribution is -0.141. The van der Waals surface area contributed by atoms with Crippen LogP contribution in [-0.2, 0) is 31.0 Å². The normalized spacial score (nSPS) is 16.7. The zero-order valence-electron chi connectivity index (χ0n) is 38.4. The van der Waals surface area contributed by atoms with E-state index >= 15 is 0 Å². The average Bonchev–Trinajstić information content (AvgIpc) is 3.28. The van der Waals surface area contributed by atoms with Crippen molar-refractivity contribution in [1.82, 2.24) is 46.1 Å². The van der Waals surface area contributed by atoms with E-state index in [-0.39, 0.29) is 63.2 Å². The van der Waals surface area contributed by atoms with Gasteiger partial charge in [-0.3, -0.25) is 24.0 Å². The van der Waals surface area contributed by atoms with Gasteiger partial charge in [0.2, 0.25) is 23.6 Å². The number of hydrogen-bond donors (Lipinski definition) is 7. The zero-order chi connectivity index (χ0) is 48.3. The van der Waals surface area contributed by atoms with Gasteiger partial charge in [-0.05, 0) is 69.1 Å². The summed E-state index contributed by atoms with van der Waals surface area (Å²) in [6.45, 7) is 11.1. The monoisotopic (exact) mass is 905 g/mol. The number of benzene rings is 2. The Morgan fingerprint density at radius 1 is 0.909 bits per heavy atom. The van der Waals surface area contributed by atoms with Gasteiger partial charge in [0.15, 0.2) is 5.82 Å². The molecule has 5 amide bonds.